The van der Waals surface area contributed by atoms with Crippen LogP contribution in [0.3, 0.4) is 0 Å². The molecule has 1 rings (SSSR count). The Labute approximate surface area is 106 Å². The lowest BCUT2D eigenvalue weighted by Gasteiger charge is -2.28. The molecule has 0 fully saturated rings. The van der Waals surface area contributed by atoms with Crippen LogP contribution in [0.15, 0.2) is 24.3 Å². The van der Waals surface area contributed by atoms with Gasteiger partial charge in [-0.2, -0.15) is 0 Å². The van der Waals surface area contributed by atoms with Gasteiger partial charge >= 0.3 is 0 Å². The van der Waals surface area contributed by atoms with Gasteiger partial charge in [0.1, 0.15) is 0 Å². The van der Waals surface area contributed by atoms with E-state index < -0.39 is 5.60 Å². The van der Waals surface area contributed by atoms with E-state index in [-0.39, 0.29) is 0 Å². The predicted molar refractivity (Wildman–Crippen MR) is 72.9 cm³/mol. The second kappa shape index (κ2) is 5.85. The molecule has 0 saturated heterocycles. The van der Waals surface area contributed by atoms with Crippen molar-refractivity contribution in [1.82, 2.24) is 0 Å². The summed E-state index contributed by atoms with van der Waals surface area (Å²) < 4.78 is 1.21. The maximum Gasteiger partial charge on any atom is 0.0896 e. The van der Waals surface area contributed by atoms with Gasteiger partial charge in [-0.25, -0.2) is 0 Å². The molecule has 0 amide bonds. The van der Waals surface area contributed by atoms with Crippen molar-refractivity contribution < 1.29 is 5.11 Å². The summed E-state index contributed by atoms with van der Waals surface area (Å²) in [6.45, 7) is 4.24. The van der Waals surface area contributed by atoms with Crippen LogP contribution < -0.4 is 0 Å². The van der Waals surface area contributed by atoms with Crippen LogP contribution in [-0.2, 0) is 5.60 Å². The van der Waals surface area contributed by atoms with Crippen LogP contribution in [0.1, 0.15) is 45.1 Å². The van der Waals surface area contributed by atoms with E-state index in [2.05, 4.69) is 48.6 Å². The van der Waals surface area contributed by atoms with E-state index in [9.17, 15) is 5.11 Å². The monoisotopic (exact) mass is 318 g/mol. The molecular weight excluding hydrogens is 299 g/mol. The molecule has 84 valence electrons. The van der Waals surface area contributed by atoms with E-state index in [1.54, 1.807) is 0 Å². The van der Waals surface area contributed by atoms with Crippen molar-refractivity contribution in [1.29, 1.82) is 0 Å². The molecule has 0 aromatic heterocycles. The smallest absolute Gasteiger partial charge is 0.0896 e. The molecule has 2 heteroatoms. The quantitative estimate of drug-likeness (QED) is 0.811. The number of hydrogen-bond donors (Lipinski definition) is 1. The standard InChI is InChI=1S/C13H19IO/c1-3-9-13(15,10-4-2)11-5-7-12(14)8-6-11/h5-8,15H,3-4,9-10H2,1-2H3. The lowest BCUT2D eigenvalue weighted by atomic mass is 9.85. The Hall–Kier alpha value is -0.0900. The minimum atomic E-state index is -0.617. The molecule has 0 atom stereocenters. The normalized spacial score (nSPS) is 11.7. The molecule has 0 aliphatic carbocycles. The highest BCUT2D eigenvalue weighted by Crippen LogP contribution is 2.31. The average molecular weight is 318 g/mol. The molecule has 0 heterocycles. The Balaban J connectivity index is 2.92. The third-order valence-electron chi connectivity index (χ3n) is 2.71. The van der Waals surface area contributed by atoms with Crippen LogP contribution in [0, 0.1) is 3.57 Å². The highest BCUT2D eigenvalue weighted by Gasteiger charge is 2.26. The number of halogens is 1. The summed E-state index contributed by atoms with van der Waals surface area (Å²) >= 11 is 2.29. The highest BCUT2D eigenvalue weighted by atomic mass is 127. The first-order valence-corrected chi connectivity index (χ1v) is 6.68. The van der Waals surface area contributed by atoms with Crippen molar-refractivity contribution in [2.45, 2.75) is 45.1 Å². The van der Waals surface area contributed by atoms with Crippen molar-refractivity contribution >= 4 is 22.6 Å². The minimum absolute atomic E-state index is 0.617. The molecule has 0 aliphatic heterocycles. The number of benzene rings is 1. The summed E-state index contributed by atoms with van der Waals surface area (Å²) in [5.41, 5.74) is 0.444. The first-order valence-electron chi connectivity index (χ1n) is 5.61. The fraction of sp³-hybridized carbons (Fsp3) is 0.538. The average Bonchev–Trinajstić information content (AvgIpc) is 2.19. The molecule has 1 N–H and O–H groups in total. The van der Waals surface area contributed by atoms with Gasteiger partial charge in [0.25, 0.3) is 0 Å². The Kier molecular flexibility index (Phi) is 5.06. The first kappa shape index (κ1) is 13.0. The van der Waals surface area contributed by atoms with Crippen LogP contribution in [0.25, 0.3) is 0 Å². The summed E-state index contributed by atoms with van der Waals surface area (Å²) in [6.07, 6.45) is 3.73. The van der Waals surface area contributed by atoms with E-state index in [4.69, 9.17) is 0 Å². The Morgan fingerprint density at radius 3 is 1.93 bits per heavy atom. The number of rotatable bonds is 5. The summed E-state index contributed by atoms with van der Waals surface area (Å²) in [7, 11) is 0. The van der Waals surface area contributed by atoms with Gasteiger partial charge < -0.3 is 5.11 Å². The van der Waals surface area contributed by atoms with E-state index in [0.29, 0.717) is 0 Å². The topological polar surface area (TPSA) is 20.2 Å². The summed E-state index contributed by atoms with van der Waals surface area (Å²) in [6, 6.07) is 8.22. The van der Waals surface area contributed by atoms with Crippen LogP contribution in [0.2, 0.25) is 0 Å². The molecule has 15 heavy (non-hydrogen) atoms. The van der Waals surface area contributed by atoms with Crippen molar-refractivity contribution in [2.75, 3.05) is 0 Å². The number of aliphatic hydroxyl groups is 1. The zero-order valence-corrected chi connectivity index (χ0v) is 11.6. The molecule has 1 aromatic carbocycles. The van der Waals surface area contributed by atoms with Gasteiger partial charge in [-0.15, -0.1) is 0 Å². The molecular formula is C13H19IO. The van der Waals surface area contributed by atoms with Crippen LogP contribution >= 0.6 is 22.6 Å². The Morgan fingerprint density at radius 1 is 1.07 bits per heavy atom. The van der Waals surface area contributed by atoms with Gasteiger partial charge in [0.2, 0.25) is 0 Å². The third kappa shape index (κ3) is 3.45. The molecule has 0 saturated carbocycles. The van der Waals surface area contributed by atoms with Crippen molar-refractivity contribution in [3.63, 3.8) is 0 Å². The molecule has 0 bridgehead atoms. The maximum atomic E-state index is 10.6. The largest absolute Gasteiger partial charge is 0.385 e. The van der Waals surface area contributed by atoms with Crippen molar-refractivity contribution in [3.8, 4) is 0 Å². The second-order valence-electron chi connectivity index (χ2n) is 4.04. The van der Waals surface area contributed by atoms with Crippen LogP contribution in [0.4, 0.5) is 0 Å². The van der Waals surface area contributed by atoms with Gasteiger partial charge in [-0.1, -0.05) is 38.8 Å². The molecule has 1 aromatic rings. The summed E-state index contributed by atoms with van der Waals surface area (Å²) in [5.74, 6) is 0. The third-order valence-corrected chi connectivity index (χ3v) is 3.43. The number of hydrogen-bond acceptors (Lipinski definition) is 1. The molecule has 0 unspecified atom stereocenters. The summed E-state index contributed by atoms with van der Waals surface area (Å²) in [5, 5.41) is 10.6. The van der Waals surface area contributed by atoms with E-state index in [0.717, 1.165) is 31.2 Å². The zero-order valence-electron chi connectivity index (χ0n) is 9.46. The fourth-order valence-electron chi connectivity index (χ4n) is 2.00. The fourth-order valence-corrected chi connectivity index (χ4v) is 2.36. The SMILES string of the molecule is CCCC(O)(CCC)c1ccc(I)cc1. The van der Waals surface area contributed by atoms with Gasteiger partial charge in [-0.3, -0.25) is 0 Å². The van der Waals surface area contributed by atoms with E-state index in [1.807, 2.05) is 12.1 Å². The minimum Gasteiger partial charge on any atom is -0.385 e. The molecule has 0 aliphatic rings. The Morgan fingerprint density at radius 2 is 1.53 bits per heavy atom. The molecule has 1 nitrogen and oxygen atoms in total. The first-order chi connectivity index (χ1) is 7.12. The van der Waals surface area contributed by atoms with Crippen molar-refractivity contribution in [3.05, 3.63) is 33.4 Å². The molecule has 0 spiro atoms. The van der Waals surface area contributed by atoms with Crippen LogP contribution in [0.5, 0.6) is 0 Å². The summed E-state index contributed by atoms with van der Waals surface area (Å²) in [4.78, 5) is 0. The zero-order chi connectivity index (χ0) is 11.3. The van der Waals surface area contributed by atoms with E-state index in [1.165, 1.54) is 3.57 Å². The van der Waals surface area contributed by atoms with E-state index >= 15 is 0 Å². The highest BCUT2D eigenvalue weighted by molar-refractivity contribution is 14.1. The van der Waals surface area contributed by atoms with Gasteiger partial charge in [0.05, 0.1) is 5.60 Å². The van der Waals surface area contributed by atoms with Crippen LogP contribution in [-0.4, -0.2) is 5.11 Å². The maximum absolute atomic E-state index is 10.6. The van der Waals surface area contributed by atoms with Crippen molar-refractivity contribution in [2.24, 2.45) is 0 Å². The van der Waals surface area contributed by atoms with Gasteiger partial charge in [-0.05, 0) is 53.1 Å². The molecule has 0 radical (unpaired) electrons. The predicted octanol–water partition coefficient (Wildman–Crippen LogP) is 4.08. The van der Waals surface area contributed by atoms with Gasteiger partial charge in [0.15, 0.2) is 0 Å². The lowest BCUT2D eigenvalue weighted by molar-refractivity contribution is 0.0170. The lowest BCUT2D eigenvalue weighted by Crippen LogP contribution is -2.25. The second-order valence-corrected chi connectivity index (χ2v) is 5.28. The van der Waals surface area contributed by atoms with Gasteiger partial charge in [0, 0.05) is 3.57 Å². The Bertz CT molecular complexity index is 286.